The van der Waals surface area contributed by atoms with Crippen LogP contribution in [-0.2, 0) is 19.6 Å². The minimum atomic E-state index is 0.00705. The van der Waals surface area contributed by atoms with Crippen LogP contribution in [0.2, 0.25) is 0 Å². The third-order valence-corrected chi connectivity index (χ3v) is 4.95. The number of hydrogen-bond acceptors (Lipinski definition) is 3. The monoisotopic (exact) mass is 418 g/mol. The average Bonchev–Trinajstić information content (AvgIpc) is 2.78. The van der Waals surface area contributed by atoms with E-state index in [1.54, 1.807) is 23.7 Å². The van der Waals surface area contributed by atoms with Gasteiger partial charge in [0.1, 0.15) is 5.75 Å². The van der Waals surface area contributed by atoms with E-state index >= 15 is 0 Å². The Kier molecular flexibility index (Phi) is 7.87. The van der Waals surface area contributed by atoms with E-state index in [1.165, 1.54) is 5.56 Å². The zero-order valence-electron chi connectivity index (χ0n) is 18.4. The van der Waals surface area contributed by atoms with Gasteiger partial charge in [0, 0.05) is 39.4 Å². The van der Waals surface area contributed by atoms with Crippen molar-refractivity contribution >= 4 is 5.96 Å². The number of rotatable bonds is 8. The summed E-state index contributed by atoms with van der Waals surface area (Å²) in [5, 5.41) is 3.41. The molecule has 162 valence electrons. The van der Waals surface area contributed by atoms with Crippen molar-refractivity contribution in [3.63, 3.8) is 0 Å². The fraction of sp³-hybridized carbons (Fsp3) is 0.280. The Bertz CT molecular complexity index is 1040. The van der Waals surface area contributed by atoms with E-state index in [9.17, 15) is 4.79 Å². The summed E-state index contributed by atoms with van der Waals surface area (Å²) >= 11 is 0. The first-order chi connectivity index (χ1) is 15.1. The van der Waals surface area contributed by atoms with E-state index in [1.807, 2.05) is 38.4 Å². The van der Waals surface area contributed by atoms with Crippen molar-refractivity contribution < 1.29 is 4.74 Å². The lowest BCUT2D eigenvalue weighted by molar-refractivity contribution is 0.340. The van der Waals surface area contributed by atoms with Gasteiger partial charge in [0.05, 0.1) is 13.2 Å². The molecule has 1 heterocycles. The number of hydrogen-bond donors (Lipinski definition) is 1. The number of aromatic nitrogens is 1. The van der Waals surface area contributed by atoms with Gasteiger partial charge in [0.25, 0.3) is 5.56 Å². The van der Waals surface area contributed by atoms with Crippen LogP contribution in [-0.4, -0.2) is 36.1 Å². The molecule has 31 heavy (non-hydrogen) atoms. The van der Waals surface area contributed by atoms with Gasteiger partial charge in [-0.15, -0.1) is 0 Å². The highest BCUT2D eigenvalue weighted by Crippen LogP contribution is 2.13. The zero-order chi connectivity index (χ0) is 22.1. The molecule has 0 bridgehead atoms. The van der Waals surface area contributed by atoms with Crippen LogP contribution < -0.4 is 15.6 Å². The van der Waals surface area contributed by atoms with Crippen LogP contribution >= 0.6 is 0 Å². The fourth-order valence-electron chi connectivity index (χ4n) is 3.32. The van der Waals surface area contributed by atoms with E-state index in [4.69, 9.17) is 4.74 Å². The van der Waals surface area contributed by atoms with Crippen molar-refractivity contribution in [3.8, 4) is 5.75 Å². The van der Waals surface area contributed by atoms with Gasteiger partial charge in [-0.1, -0.05) is 42.5 Å². The van der Waals surface area contributed by atoms with Crippen molar-refractivity contribution in [1.82, 2.24) is 14.8 Å². The SMILES string of the molecule is CCOc1ccc(CN(C)C(=NC)NCc2ccc(Cn3ccccc3=O)cc2)cc1. The molecule has 3 aromatic rings. The van der Waals surface area contributed by atoms with Crippen LogP contribution in [0.15, 0.2) is 82.7 Å². The van der Waals surface area contributed by atoms with Gasteiger partial charge >= 0.3 is 0 Å². The summed E-state index contributed by atoms with van der Waals surface area (Å²) in [7, 11) is 3.81. The molecule has 0 saturated heterocycles. The second-order valence-electron chi connectivity index (χ2n) is 7.32. The Hall–Kier alpha value is -3.54. The molecule has 0 saturated carbocycles. The van der Waals surface area contributed by atoms with Crippen molar-refractivity contribution in [2.45, 2.75) is 26.6 Å². The summed E-state index contributed by atoms with van der Waals surface area (Å²) in [5.41, 5.74) is 3.44. The fourth-order valence-corrected chi connectivity index (χ4v) is 3.32. The molecule has 0 aliphatic carbocycles. The zero-order valence-corrected chi connectivity index (χ0v) is 18.4. The first-order valence-corrected chi connectivity index (χ1v) is 10.5. The molecular weight excluding hydrogens is 388 g/mol. The Morgan fingerprint density at radius 2 is 1.68 bits per heavy atom. The minimum Gasteiger partial charge on any atom is -0.494 e. The Morgan fingerprint density at radius 3 is 2.32 bits per heavy atom. The molecule has 1 aromatic heterocycles. The maximum atomic E-state index is 11.9. The van der Waals surface area contributed by atoms with Gasteiger partial charge < -0.3 is 19.5 Å². The van der Waals surface area contributed by atoms with Crippen molar-refractivity contribution in [2.75, 3.05) is 20.7 Å². The van der Waals surface area contributed by atoms with E-state index in [0.29, 0.717) is 19.7 Å². The first kappa shape index (κ1) is 22.2. The molecule has 0 atom stereocenters. The predicted octanol–water partition coefficient (Wildman–Crippen LogP) is 3.50. The van der Waals surface area contributed by atoms with Crippen LogP contribution in [0.5, 0.6) is 5.75 Å². The third-order valence-electron chi connectivity index (χ3n) is 4.95. The maximum absolute atomic E-state index is 11.9. The first-order valence-electron chi connectivity index (χ1n) is 10.5. The van der Waals surface area contributed by atoms with Gasteiger partial charge in [-0.2, -0.15) is 0 Å². The number of nitrogens with one attached hydrogen (secondary N) is 1. The molecular formula is C25H30N4O2. The molecule has 2 aromatic carbocycles. The molecule has 0 spiro atoms. The number of guanidine groups is 1. The molecule has 3 rings (SSSR count). The maximum Gasteiger partial charge on any atom is 0.250 e. The van der Waals surface area contributed by atoms with Crippen LogP contribution in [0.25, 0.3) is 0 Å². The van der Waals surface area contributed by atoms with Crippen molar-refractivity contribution in [3.05, 3.63) is 100.0 Å². The van der Waals surface area contributed by atoms with E-state index in [0.717, 1.165) is 29.4 Å². The molecule has 0 radical (unpaired) electrons. The van der Waals surface area contributed by atoms with Crippen molar-refractivity contribution in [1.29, 1.82) is 0 Å². The smallest absolute Gasteiger partial charge is 0.250 e. The van der Waals surface area contributed by atoms with Crippen LogP contribution in [0.1, 0.15) is 23.6 Å². The van der Waals surface area contributed by atoms with Crippen molar-refractivity contribution in [2.24, 2.45) is 4.99 Å². The second-order valence-corrected chi connectivity index (χ2v) is 7.32. The number of ether oxygens (including phenoxy) is 1. The summed E-state index contributed by atoms with van der Waals surface area (Å²) in [6.45, 7) is 4.64. The van der Waals surface area contributed by atoms with Crippen LogP contribution in [0, 0.1) is 0 Å². The molecule has 0 amide bonds. The summed E-state index contributed by atoms with van der Waals surface area (Å²) in [4.78, 5) is 18.4. The second kappa shape index (κ2) is 11.0. The lowest BCUT2D eigenvalue weighted by Gasteiger charge is -2.22. The highest BCUT2D eigenvalue weighted by molar-refractivity contribution is 5.79. The molecule has 6 nitrogen and oxygen atoms in total. The molecule has 0 aliphatic rings. The number of benzene rings is 2. The van der Waals surface area contributed by atoms with Gasteiger partial charge in [-0.05, 0) is 41.8 Å². The number of nitrogens with zero attached hydrogens (tertiary/aromatic N) is 3. The Labute approximate surface area is 183 Å². The minimum absolute atomic E-state index is 0.00705. The topological polar surface area (TPSA) is 58.9 Å². The summed E-state index contributed by atoms with van der Waals surface area (Å²) in [6, 6.07) is 21.6. The predicted molar refractivity (Wildman–Crippen MR) is 126 cm³/mol. The summed E-state index contributed by atoms with van der Waals surface area (Å²) < 4.78 is 7.20. The number of aliphatic imine (C=N–C) groups is 1. The van der Waals surface area contributed by atoms with Gasteiger partial charge in [0.2, 0.25) is 0 Å². The normalized spacial score (nSPS) is 11.3. The highest BCUT2D eigenvalue weighted by atomic mass is 16.5. The molecule has 6 heteroatoms. The van der Waals surface area contributed by atoms with Crippen LogP contribution in [0.4, 0.5) is 0 Å². The largest absolute Gasteiger partial charge is 0.494 e. The molecule has 1 N–H and O–H groups in total. The molecule has 0 aliphatic heterocycles. The Morgan fingerprint density at radius 1 is 1.00 bits per heavy atom. The lowest BCUT2D eigenvalue weighted by atomic mass is 10.1. The molecule has 0 unspecified atom stereocenters. The van der Waals surface area contributed by atoms with E-state index in [2.05, 4.69) is 51.6 Å². The standard InChI is InChI=1S/C25H30N4O2/c1-4-31-23-14-12-21(13-15-23)18-28(3)25(26-2)27-17-20-8-10-22(11-9-20)19-29-16-6-5-7-24(29)30/h5-16H,4,17-19H2,1-3H3,(H,26,27). The van der Waals surface area contributed by atoms with E-state index < -0.39 is 0 Å². The third kappa shape index (κ3) is 6.47. The Balaban J connectivity index is 1.53. The van der Waals surface area contributed by atoms with Crippen LogP contribution in [0.3, 0.4) is 0 Å². The quantitative estimate of drug-likeness (QED) is 0.449. The van der Waals surface area contributed by atoms with Gasteiger partial charge in [0.15, 0.2) is 5.96 Å². The highest BCUT2D eigenvalue weighted by Gasteiger charge is 2.07. The summed E-state index contributed by atoms with van der Waals surface area (Å²) in [5.74, 6) is 1.71. The lowest BCUT2D eigenvalue weighted by Crippen LogP contribution is -2.38. The summed E-state index contributed by atoms with van der Waals surface area (Å²) in [6.07, 6.45) is 1.81. The van der Waals surface area contributed by atoms with Gasteiger partial charge in [-0.3, -0.25) is 9.79 Å². The van der Waals surface area contributed by atoms with E-state index in [-0.39, 0.29) is 5.56 Å². The van der Waals surface area contributed by atoms with Gasteiger partial charge in [-0.25, -0.2) is 0 Å². The average molecular weight is 419 g/mol. The molecule has 0 fully saturated rings. The number of pyridine rings is 1.